The number of carbonyl (C=O) groups excluding carboxylic acids is 1. The standard InChI is InChI=1S/C14H17N3O/c15-8-9-16-14(18)12-6-10-17(11-7-12)13-4-2-1-3-5-13/h1-5,12H,6-7,9-11H2,(H,16,18). The number of hydrogen-bond donors (Lipinski definition) is 1. The zero-order chi connectivity index (χ0) is 12.8. The van der Waals surface area contributed by atoms with E-state index in [1.165, 1.54) is 5.69 Å². The molecule has 1 N–H and O–H groups in total. The fraction of sp³-hybridized carbons (Fsp3) is 0.429. The molecule has 1 aliphatic heterocycles. The average molecular weight is 243 g/mol. The summed E-state index contributed by atoms with van der Waals surface area (Å²) in [7, 11) is 0. The van der Waals surface area contributed by atoms with Crippen LogP contribution in [-0.2, 0) is 4.79 Å². The monoisotopic (exact) mass is 243 g/mol. The van der Waals surface area contributed by atoms with E-state index in [2.05, 4.69) is 22.3 Å². The van der Waals surface area contributed by atoms with Crippen LogP contribution in [0, 0.1) is 17.2 Å². The predicted molar refractivity (Wildman–Crippen MR) is 70.0 cm³/mol. The third-order valence-corrected chi connectivity index (χ3v) is 3.33. The predicted octanol–water partition coefficient (Wildman–Crippen LogP) is 1.54. The Morgan fingerprint density at radius 1 is 1.33 bits per heavy atom. The maximum absolute atomic E-state index is 11.7. The van der Waals surface area contributed by atoms with Crippen molar-refractivity contribution >= 4 is 11.6 Å². The molecule has 1 amide bonds. The maximum Gasteiger partial charge on any atom is 0.224 e. The fourth-order valence-electron chi connectivity index (χ4n) is 2.31. The van der Waals surface area contributed by atoms with Gasteiger partial charge in [0.05, 0.1) is 6.07 Å². The van der Waals surface area contributed by atoms with E-state index in [-0.39, 0.29) is 18.4 Å². The van der Waals surface area contributed by atoms with E-state index in [1.54, 1.807) is 0 Å². The summed E-state index contributed by atoms with van der Waals surface area (Å²) < 4.78 is 0. The van der Waals surface area contributed by atoms with Gasteiger partial charge in [0.1, 0.15) is 6.54 Å². The number of nitrogens with one attached hydrogen (secondary N) is 1. The lowest BCUT2D eigenvalue weighted by Gasteiger charge is -2.32. The summed E-state index contributed by atoms with van der Waals surface area (Å²) in [5.41, 5.74) is 1.22. The van der Waals surface area contributed by atoms with Crippen molar-refractivity contribution in [3.63, 3.8) is 0 Å². The van der Waals surface area contributed by atoms with E-state index in [4.69, 9.17) is 5.26 Å². The van der Waals surface area contributed by atoms with Crippen molar-refractivity contribution in [2.75, 3.05) is 24.5 Å². The van der Waals surface area contributed by atoms with Crippen LogP contribution in [0.25, 0.3) is 0 Å². The first-order chi connectivity index (χ1) is 8.81. The van der Waals surface area contributed by atoms with Crippen molar-refractivity contribution < 1.29 is 4.79 Å². The van der Waals surface area contributed by atoms with E-state index < -0.39 is 0 Å². The van der Waals surface area contributed by atoms with Gasteiger partial charge in [0, 0.05) is 24.7 Å². The minimum Gasteiger partial charge on any atom is -0.371 e. The minimum atomic E-state index is 0.0178. The number of anilines is 1. The molecule has 0 aromatic heterocycles. The summed E-state index contributed by atoms with van der Waals surface area (Å²) in [4.78, 5) is 14.0. The van der Waals surface area contributed by atoms with E-state index in [1.807, 2.05) is 24.3 Å². The number of benzene rings is 1. The first-order valence-electron chi connectivity index (χ1n) is 6.26. The lowest BCUT2D eigenvalue weighted by molar-refractivity contribution is -0.125. The Labute approximate surface area is 107 Å². The van der Waals surface area contributed by atoms with Crippen molar-refractivity contribution in [3.05, 3.63) is 30.3 Å². The summed E-state index contributed by atoms with van der Waals surface area (Å²) in [6, 6.07) is 12.2. The number of piperidine rings is 1. The normalized spacial score (nSPS) is 16.1. The Morgan fingerprint density at radius 2 is 2.00 bits per heavy atom. The molecule has 1 aromatic rings. The molecule has 4 heteroatoms. The molecule has 2 rings (SSSR count). The van der Waals surface area contributed by atoms with Gasteiger partial charge < -0.3 is 10.2 Å². The highest BCUT2D eigenvalue weighted by atomic mass is 16.1. The van der Waals surface area contributed by atoms with Gasteiger partial charge >= 0.3 is 0 Å². The van der Waals surface area contributed by atoms with Crippen LogP contribution < -0.4 is 10.2 Å². The van der Waals surface area contributed by atoms with Gasteiger partial charge in [-0.3, -0.25) is 4.79 Å². The Balaban J connectivity index is 1.85. The molecule has 1 fully saturated rings. The smallest absolute Gasteiger partial charge is 0.224 e. The van der Waals surface area contributed by atoms with Crippen molar-refractivity contribution in [2.24, 2.45) is 5.92 Å². The van der Waals surface area contributed by atoms with Crippen LogP contribution in [-0.4, -0.2) is 25.5 Å². The largest absolute Gasteiger partial charge is 0.371 e. The highest BCUT2D eigenvalue weighted by Gasteiger charge is 2.24. The molecule has 18 heavy (non-hydrogen) atoms. The number of carbonyl (C=O) groups is 1. The van der Waals surface area contributed by atoms with E-state index in [0.717, 1.165) is 25.9 Å². The van der Waals surface area contributed by atoms with Crippen molar-refractivity contribution in [3.8, 4) is 6.07 Å². The van der Waals surface area contributed by atoms with E-state index >= 15 is 0 Å². The molecule has 0 unspecified atom stereocenters. The van der Waals surface area contributed by atoms with Crippen LogP contribution >= 0.6 is 0 Å². The third-order valence-electron chi connectivity index (χ3n) is 3.33. The summed E-state index contributed by atoms with van der Waals surface area (Å²) in [5.74, 6) is 0.0718. The molecule has 4 nitrogen and oxygen atoms in total. The Kier molecular flexibility index (Phi) is 4.19. The molecule has 1 aromatic carbocycles. The van der Waals surface area contributed by atoms with Gasteiger partial charge in [0.25, 0.3) is 0 Å². The summed E-state index contributed by atoms with van der Waals surface area (Å²) in [5, 5.41) is 11.1. The first-order valence-corrected chi connectivity index (χ1v) is 6.26. The van der Waals surface area contributed by atoms with Crippen LogP contribution in [0.4, 0.5) is 5.69 Å². The quantitative estimate of drug-likeness (QED) is 0.819. The van der Waals surface area contributed by atoms with E-state index in [0.29, 0.717) is 0 Å². The lowest BCUT2D eigenvalue weighted by Crippen LogP contribution is -2.40. The van der Waals surface area contributed by atoms with Gasteiger partial charge in [-0.05, 0) is 25.0 Å². The summed E-state index contributed by atoms with van der Waals surface area (Å²) in [6.07, 6.45) is 1.71. The number of amides is 1. The van der Waals surface area contributed by atoms with Gasteiger partial charge in [0.2, 0.25) is 5.91 Å². The maximum atomic E-state index is 11.7. The molecule has 0 aliphatic carbocycles. The van der Waals surface area contributed by atoms with Gasteiger partial charge in [0.15, 0.2) is 0 Å². The second kappa shape index (κ2) is 6.06. The first kappa shape index (κ1) is 12.4. The summed E-state index contributed by atoms with van der Waals surface area (Å²) in [6.45, 7) is 1.90. The Hall–Kier alpha value is -2.02. The number of para-hydroxylation sites is 1. The second-order valence-electron chi connectivity index (χ2n) is 4.47. The van der Waals surface area contributed by atoms with Gasteiger partial charge in [-0.15, -0.1) is 0 Å². The number of nitrogens with zero attached hydrogens (tertiary/aromatic N) is 2. The zero-order valence-corrected chi connectivity index (χ0v) is 10.3. The highest BCUT2D eigenvalue weighted by Crippen LogP contribution is 2.22. The van der Waals surface area contributed by atoms with Crippen LogP contribution in [0.2, 0.25) is 0 Å². The topological polar surface area (TPSA) is 56.1 Å². The van der Waals surface area contributed by atoms with Crippen LogP contribution in [0.5, 0.6) is 0 Å². The Bertz CT molecular complexity index is 430. The molecule has 1 saturated heterocycles. The van der Waals surface area contributed by atoms with Crippen LogP contribution in [0.1, 0.15) is 12.8 Å². The van der Waals surface area contributed by atoms with Gasteiger partial charge in [-0.25, -0.2) is 0 Å². The lowest BCUT2D eigenvalue weighted by atomic mass is 9.95. The minimum absolute atomic E-state index is 0.0178. The number of hydrogen-bond acceptors (Lipinski definition) is 3. The SMILES string of the molecule is N#CCNC(=O)C1CCN(c2ccccc2)CC1. The van der Waals surface area contributed by atoms with Crippen LogP contribution in [0.3, 0.4) is 0 Å². The number of nitriles is 1. The van der Waals surface area contributed by atoms with E-state index in [9.17, 15) is 4.79 Å². The molecule has 0 saturated carbocycles. The molecule has 0 radical (unpaired) electrons. The second-order valence-corrected chi connectivity index (χ2v) is 4.47. The van der Waals surface area contributed by atoms with Crippen molar-refractivity contribution in [1.29, 1.82) is 5.26 Å². The molecule has 0 spiro atoms. The molecule has 94 valence electrons. The molecular weight excluding hydrogens is 226 g/mol. The molecule has 1 aliphatic rings. The van der Waals surface area contributed by atoms with Gasteiger partial charge in [-0.1, -0.05) is 18.2 Å². The highest BCUT2D eigenvalue weighted by molar-refractivity contribution is 5.79. The molecule has 1 heterocycles. The third kappa shape index (κ3) is 3.01. The molecule has 0 bridgehead atoms. The number of rotatable bonds is 3. The molecule has 0 atom stereocenters. The average Bonchev–Trinajstić information content (AvgIpc) is 2.46. The van der Waals surface area contributed by atoms with Gasteiger partial charge in [-0.2, -0.15) is 5.26 Å². The Morgan fingerprint density at radius 3 is 2.61 bits per heavy atom. The van der Waals surface area contributed by atoms with Crippen molar-refractivity contribution in [1.82, 2.24) is 5.32 Å². The van der Waals surface area contributed by atoms with Crippen LogP contribution in [0.15, 0.2) is 30.3 Å². The summed E-state index contributed by atoms with van der Waals surface area (Å²) >= 11 is 0. The van der Waals surface area contributed by atoms with Crippen molar-refractivity contribution in [2.45, 2.75) is 12.8 Å². The molecular formula is C14H17N3O. The fourth-order valence-corrected chi connectivity index (χ4v) is 2.31. The zero-order valence-electron chi connectivity index (χ0n) is 10.3.